The van der Waals surface area contributed by atoms with E-state index in [0.717, 1.165) is 37.4 Å². The van der Waals surface area contributed by atoms with Gasteiger partial charge in [0.1, 0.15) is 5.65 Å². The number of aliphatic hydroxyl groups is 1. The molecule has 1 N–H and O–H groups in total. The number of likely N-dealkylation sites (tertiary alicyclic amines) is 1. The summed E-state index contributed by atoms with van der Waals surface area (Å²) in [6.07, 6.45) is 5.10. The fourth-order valence-corrected chi connectivity index (χ4v) is 2.86. The third kappa shape index (κ3) is 2.65. The van der Waals surface area contributed by atoms with Crippen LogP contribution in [0.3, 0.4) is 0 Å². The standard InChI is InChI=1S/C15H21N3O/c1-11-3-4-15-16-14(10-18(15)7-11)9-17-6-5-13(8-17)12(2)19/h3-4,7,10,12-13,19H,5-6,8-9H2,1-2H3. The minimum Gasteiger partial charge on any atom is -0.393 e. The minimum absolute atomic E-state index is 0.200. The van der Waals surface area contributed by atoms with Gasteiger partial charge in [-0.05, 0) is 44.4 Å². The van der Waals surface area contributed by atoms with Crippen molar-refractivity contribution in [2.45, 2.75) is 32.9 Å². The normalized spacial score (nSPS) is 22.2. The van der Waals surface area contributed by atoms with Crippen LogP contribution in [0, 0.1) is 12.8 Å². The second-order valence-electron chi connectivity index (χ2n) is 5.73. The first kappa shape index (κ1) is 12.6. The number of hydrogen-bond acceptors (Lipinski definition) is 3. The Morgan fingerprint density at radius 3 is 3.00 bits per heavy atom. The lowest BCUT2D eigenvalue weighted by atomic mass is 10.0. The maximum Gasteiger partial charge on any atom is 0.137 e. The van der Waals surface area contributed by atoms with Gasteiger partial charge in [-0.3, -0.25) is 4.90 Å². The summed E-state index contributed by atoms with van der Waals surface area (Å²) in [4.78, 5) is 7.03. The lowest BCUT2D eigenvalue weighted by Crippen LogP contribution is -2.24. The third-order valence-corrected chi connectivity index (χ3v) is 4.03. The fraction of sp³-hybridized carbons (Fsp3) is 0.533. The summed E-state index contributed by atoms with van der Waals surface area (Å²) >= 11 is 0. The van der Waals surface area contributed by atoms with Gasteiger partial charge in [-0.15, -0.1) is 0 Å². The van der Waals surface area contributed by atoms with E-state index in [-0.39, 0.29) is 6.10 Å². The van der Waals surface area contributed by atoms with Crippen molar-refractivity contribution in [3.05, 3.63) is 35.8 Å². The predicted octanol–water partition coefficient (Wildman–Crippen LogP) is 1.85. The second kappa shape index (κ2) is 4.94. The van der Waals surface area contributed by atoms with E-state index in [9.17, 15) is 5.11 Å². The van der Waals surface area contributed by atoms with Crippen molar-refractivity contribution >= 4 is 5.65 Å². The van der Waals surface area contributed by atoms with Gasteiger partial charge in [-0.1, -0.05) is 6.07 Å². The van der Waals surface area contributed by atoms with Crippen molar-refractivity contribution in [2.75, 3.05) is 13.1 Å². The first-order chi connectivity index (χ1) is 9.11. The Morgan fingerprint density at radius 2 is 2.26 bits per heavy atom. The summed E-state index contributed by atoms with van der Waals surface area (Å²) in [5.41, 5.74) is 3.36. The van der Waals surface area contributed by atoms with Gasteiger partial charge < -0.3 is 9.51 Å². The van der Waals surface area contributed by atoms with Crippen LogP contribution in [0.2, 0.25) is 0 Å². The molecule has 2 aromatic rings. The lowest BCUT2D eigenvalue weighted by Gasteiger charge is -2.15. The molecule has 1 fully saturated rings. The molecule has 0 radical (unpaired) electrons. The number of fused-ring (bicyclic) bond motifs is 1. The van der Waals surface area contributed by atoms with Crippen molar-refractivity contribution in [3.63, 3.8) is 0 Å². The molecule has 3 rings (SSSR count). The zero-order valence-corrected chi connectivity index (χ0v) is 11.6. The molecule has 4 nitrogen and oxygen atoms in total. The largest absolute Gasteiger partial charge is 0.393 e. The number of hydrogen-bond donors (Lipinski definition) is 1. The smallest absolute Gasteiger partial charge is 0.137 e. The number of aromatic nitrogens is 2. The monoisotopic (exact) mass is 259 g/mol. The summed E-state index contributed by atoms with van der Waals surface area (Å²) in [7, 11) is 0. The molecule has 0 aromatic carbocycles. The summed E-state index contributed by atoms with van der Waals surface area (Å²) < 4.78 is 2.09. The van der Waals surface area contributed by atoms with Crippen molar-refractivity contribution < 1.29 is 5.11 Å². The molecule has 1 aliphatic rings. The van der Waals surface area contributed by atoms with Gasteiger partial charge in [-0.25, -0.2) is 4.98 Å². The highest BCUT2D eigenvalue weighted by Crippen LogP contribution is 2.21. The molecule has 102 valence electrons. The van der Waals surface area contributed by atoms with Crippen LogP contribution in [0.4, 0.5) is 0 Å². The highest BCUT2D eigenvalue weighted by molar-refractivity contribution is 5.41. The van der Waals surface area contributed by atoms with E-state index in [1.165, 1.54) is 5.56 Å². The number of aryl methyl sites for hydroxylation is 1. The average Bonchev–Trinajstić information content (AvgIpc) is 2.95. The van der Waals surface area contributed by atoms with E-state index in [1.54, 1.807) is 0 Å². The van der Waals surface area contributed by atoms with Crippen LogP contribution in [0.5, 0.6) is 0 Å². The second-order valence-corrected chi connectivity index (χ2v) is 5.73. The molecule has 2 atom stereocenters. The highest BCUT2D eigenvalue weighted by Gasteiger charge is 2.26. The molecule has 3 heterocycles. The van der Waals surface area contributed by atoms with Gasteiger partial charge >= 0.3 is 0 Å². The van der Waals surface area contributed by atoms with Gasteiger partial charge in [0.05, 0.1) is 11.8 Å². The summed E-state index contributed by atoms with van der Waals surface area (Å²) in [6.45, 7) is 6.89. The lowest BCUT2D eigenvalue weighted by molar-refractivity contribution is 0.127. The summed E-state index contributed by atoms with van der Waals surface area (Å²) in [6, 6.07) is 4.15. The van der Waals surface area contributed by atoms with E-state index < -0.39 is 0 Å². The van der Waals surface area contributed by atoms with Crippen molar-refractivity contribution in [3.8, 4) is 0 Å². The van der Waals surface area contributed by atoms with Crippen LogP contribution in [-0.2, 0) is 6.54 Å². The summed E-state index contributed by atoms with van der Waals surface area (Å²) in [5, 5.41) is 9.63. The van der Waals surface area contributed by atoms with Crippen LogP contribution in [0.1, 0.15) is 24.6 Å². The Morgan fingerprint density at radius 1 is 1.42 bits per heavy atom. The van der Waals surface area contributed by atoms with E-state index in [0.29, 0.717) is 5.92 Å². The third-order valence-electron chi connectivity index (χ3n) is 4.03. The quantitative estimate of drug-likeness (QED) is 0.914. The number of aliphatic hydroxyl groups excluding tert-OH is 1. The van der Waals surface area contributed by atoms with Gasteiger partial charge in [0.2, 0.25) is 0 Å². The first-order valence-corrected chi connectivity index (χ1v) is 6.96. The van der Waals surface area contributed by atoms with Gasteiger partial charge in [-0.2, -0.15) is 0 Å². The molecule has 19 heavy (non-hydrogen) atoms. The van der Waals surface area contributed by atoms with Crippen molar-refractivity contribution in [1.29, 1.82) is 0 Å². The van der Waals surface area contributed by atoms with Crippen molar-refractivity contribution in [1.82, 2.24) is 14.3 Å². The zero-order valence-electron chi connectivity index (χ0n) is 11.6. The number of pyridine rings is 1. The molecule has 2 unspecified atom stereocenters. The van der Waals surface area contributed by atoms with Gasteiger partial charge in [0.25, 0.3) is 0 Å². The molecule has 4 heteroatoms. The fourth-order valence-electron chi connectivity index (χ4n) is 2.86. The molecule has 0 aliphatic carbocycles. The molecular formula is C15H21N3O. The predicted molar refractivity (Wildman–Crippen MR) is 75.0 cm³/mol. The van der Waals surface area contributed by atoms with Crippen LogP contribution in [0.15, 0.2) is 24.5 Å². The zero-order chi connectivity index (χ0) is 13.4. The van der Waals surface area contributed by atoms with Crippen LogP contribution >= 0.6 is 0 Å². The molecule has 1 aliphatic heterocycles. The molecule has 1 saturated heterocycles. The first-order valence-electron chi connectivity index (χ1n) is 6.96. The SMILES string of the molecule is Cc1ccc2nc(CN3CCC(C(C)O)C3)cn2c1. The molecule has 0 spiro atoms. The van der Waals surface area contributed by atoms with Crippen LogP contribution < -0.4 is 0 Å². The topological polar surface area (TPSA) is 40.8 Å². The molecular weight excluding hydrogens is 238 g/mol. The Balaban J connectivity index is 1.72. The Labute approximate surface area is 113 Å². The van der Waals surface area contributed by atoms with Gasteiger partial charge in [0, 0.05) is 25.5 Å². The number of imidazole rings is 1. The molecule has 0 saturated carbocycles. The van der Waals surface area contributed by atoms with Crippen LogP contribution in [-0.4, -0.2) is 38.6 Å². The Kier molecular flexibility index (Phi) is 3.29. The van der Waals surface area contributed by atoms with E-state index in [1.807, 2.05) is 6.92 Å². The van der Waals surface area contributed by atoms with E-state index in [4.69, 9.17) is 0 Å². The maximum absolute atomic E-state index is 9.63. The summed E-state index contributed by atoms with van der Waals surface area (Å²) in [5.74, 6) is 0.416. The van der Waals surface area contributed by atoms with E-state index in [2.05, 4.69) is 45.7 Å². The number of rotatable bonds is 3. The molecule has 0 amide bonds. The maximum atomic E-state index is 9.63. The van der Waals surface area contributed by atoms with Crippen molar-refractivity contribution in [2.24, 2.45) is 5.92 Å². The Hall–Kier alpha value is -1.39. The van der Waals surface area contributed by atoms with Gasteiger partial charge in [0.15, 0.2) is 0 Å². The average molecular weight is 259 g/mol. The minimum atomic E-state index is -0.200. The number of nitrogens with zero attached hydrogens (tertiary/aromatic N) is 3. The van der Waals surface area contributed by atoms with E-state index >= 15 is 0 Å². The molecule has 2 aromatic heterocycles. The highest BCUT2D eigenvalue weighted by atomic mass is 16.3. The Bertz CT molecular complexity index is 576. The van der Waals surface area contributed by atoms with Crippen LogP contribution in [0.25, 0.3) is 5.65 Å². The molecule has 0 bridgehead atoms.